The quantitative estimate of drug-likeness (QED) is 0.560. The number of hydrogen-bond acceptors (Lipinski definition) is 5. The molecule has 0 aliphatic carbocycles. The monoisotopic (exact) mass is 377 g/mol. The first-order valence-electron chi connectivity index (χ1n) is 8.70. The van der Waals surface area contributed by atoms with Crippen molar-refractivity contribution in [2.24, 2.45) is 0 Å². The SMILES string of the molecule is Cc1ccc(-c2cc(C(=O)Nc3ccccn3)c3cnn(C(C)C)c3n2)s1. The van der Waals surface area contributed by atoms with Gasteiger partial charge >= 0.3 is 0 Å². The molecule has 0 aliphatic rings. The van der Waals surface area contributed by atoms with Gasteiger partial charge < -0.3 is 5.32 Å². The summed E-state index contributed by atoms with van der Waals surface area (Å²) >= 11 is 1.65. The second-order valence-corrected chi connectivity index (χ2v) is 7.84. The Labute approximate surface area is 160 Å². The Morgan fingerprint density at radius 1 is 1.22 bits per heavy atom. The van der Waals surface area contributed by atoms with Crippen LogP contribution in [0.2, 0.25) is 0 Å². The zero-order valence-corrected chi connectivity index (χ0v) is 16.1. The number of aromatic nitrogens is 4. The molecular formula is C20H19N5OS. The molecule has 4 aromatic heterocycles. The highest BCUT2D eigenvalue weighted by Gasteiger charge is 2.19. The number of carbonyl (C=O) groups excluding carboxylic acids is 1. The predicted octanol–water partition coefficient (Wildman–Crippen LogP) is 4.70. The molecule has 6 nitrogen and oxygen atoms in total. The number of pyridine rings is 2. The van der Waals surface area contributed by atoms with Gasteiger partial charge in [0.25, 0.3) is 5.91 Å². The number of aryl methyl sites for hydroxylation is 1. The van der Waals surface area contributed by atoms with Crippen molar-refractivity contribution in [3.63, 3.8) is 0 Å². The lowest BCUT2D eigenvalue weighted by Gasteiger charge is -2.10. The summed E-state index contributed by atoms with van der Waals surface area (Å²) in [4.78, 5) is 24.2. The molecule has 0 spiro atoms. The first kappa shape index (κ1) is 17.4. The van der Waals surface area contributed by atoms with E-state index in [1.54, 1.807) is 29.8 Å². The number of anilines is 1. The maximum atomic E-state index is 13.0. The van der Waals surface area contributed by atoms with Gasteiger partial charge in [-0.2, -0.15) is 5.10 Å². The Morgan fingerprint density at radius 2 is 2.07 bits per heavy atom. The van der Waals surface area contributed by atoms with E-state index in [1.165, 1.54) is 4.88 Å². The summed E-state index contributed by atoms with van der Waals surface area (Å²) in [7, 11) is 0. The Kier molecular flexibility index (Phi) is 4.45. The lowest BCUT2D eigenvalue weighted by molar-refractivity contribution is 0.102. The smallest absolute Gasteiger partial charge is 0.257 e. The van der Waals surface area contributed by atoms with Crippen LogP contribution in [0.15, 0.2) is 48.8 Å². The molecule has 27 heavy (non-hydrogen) atoms. The van der Waals surface area contributed by atoms with Crippen LogP contribution >= 0.6 is 11.3 Å². The molecule has 4 heterocycles. The summed E-state index contributed by atoms with van der Waals surface area (Å²) in [6.07, 6.45) is 3.35. The van der Waals surface area contributed by atoms with Crippen molar-refractivity contribution in [2.75, 3.05) is 5.32 Å². The number of thiophene rings is 1. The number of nitrogens with one attached hydrogen (secondary N) is 1. The number of hydrogen-bond donors (Lipinski definition) is 1. The number of fused-ring (bicyclic) bond motifs is 1. The highest BCUT2D eigenvalue weighted by molar-refractivity contribution is 7.15. The first-order valence-corrected chi connectivity index (χ1v) is 9.52. The van der Waals surface area contributed by atoms with E-state index in [0.717, 1.165) is 16.0 Å². The third-order valence-electron chi connectivity index (χ3n) is 4.20. The minimum absolute atomic E-state index is 0.141. The molecule has 0 atom stereocenters. The number of rotatable bonds is 4. The van der Waals surface area contributed by atoms with Crippen molar-refractivity contribution in [2.45, 2.75) is 26.8 Å². The van der Waals surface area contributed by atoms with Gasteiger partial charge in [0, 0.05) is 17.1 Å². The van der Waals surface area contributed by atoms with Gasteiger partial charge in [-0.15, -0.1) is 11.3 Å². The Morgan fingerprint density at radius 3 is 2.74 bits per heavy atom. The molecule has 1 N–H and O–H groups in total. The van der Waals surface area contributed by atoms with Gasteiger partial charge in [-0.1, -0.05) is 6.07 Å². The van der Waals surface area contributed by atoms with Crippen LogP contribution in [0.1, 0.15) is 35.1 Å². The topological polar surface area (TPSA) is 72.7 Å². The van der Waals surface area contributed by atoms with E-state index in [0.29, 0.717) is 17.0 Å². The van der Waals surface area contributed by atoms with Crippen LogP contribution in [0.5, 0.6) is 0 Å². The van der Waals surface area contributed by atoms with Crippen molar-refractivity contribution in [1.82, 2.24) is 19.7 Å². The maximum Gasteiger partial charge on any atom is 0.257 e. The summed E-state index contributed by atoms with van der Waals surface area (Å²) in [6, 6.07) is 11.5. The highest BCUT2D eigenvalue weighted by Crippen LogP contribution is 2.30. The molecule has 1 amide bonds. The number of nitrogens with zero attached hydrogens (tertiary/aromatic N) is 4. The summed E-state index contributed by atoms with van der Waals surface area (Å²) in [6.45, 7) is 6.15. The van der Waals surface area contributed by atoms with Gasteiger partial charge in [-0.3, -0.25) is 4.79 Å². The fourth-order valence-electron chi connectivity index (χ4n) is 2.90. The Balaban J connectivity index is 1.86. The number of amides is 1. The Hall–Kier alpha value is -3.06. The largest absolute Gasteiger partial charge is 0.307 e. The summed E-state index contributed by atoms with van der Waals surface area (Å²) in [5.74, 6) is 0.288. The summed E-state index contributed by atoms with van der Waals surface area (Å²) in [5.41, 5.74) is 2.02. The molecule has 0 aromatic carbocycles. The van der Waals surface area contributed by atoms with E-state index in [9.17, 15) is 4.79 Å². The van der Waals surface area contributed by atoms with Crippen molar-refractivity contribution in [3.8, 4) is 10.6 Å². The predicted molar refractivity (Wildman–Crippen MR) is 108 cm³/mol. The average Bonchev–Trinajstić information content (AvgIpc) is 3.27. The molecule has 4 rings (SSSR count). The van der Waals surface area contributed by atoms with E-state index in [2.05, 4.69) is 28.4 Å². The third kappa shape index (κ3) is 3.33. The average molecular weight is 377 g/mol. The van der Waals surface area contributed by atoms with E-state index in [4.69, 9.17) is 4.98 Å². The fraction of sp³-hybridized carbons (Fsp3) is 0.200. The molecule has 0 saturated heterocycles. The van der Waals surface area contributed by atoms with Gasteiger partial charge in [0.15, 0.2) is 5.65 Å². The van der Waals surface area contributed by atoms with Crippen LogP contribution in [-0.4, -0.2) is 25.7 Å². The Bertz CT molecular complexity index is 1110. The van der Waals surface area contributed by atoms with E-state index >= 15 is 0 Å². The van der Waals surface area contributed by atoms with Gasteiger partial charge in [0.1, 0.15) is 5.82 Å². The van der Waals surface area contributed by atoms with Gasteiger partial charge in [0.05, 0.1) is 27.7 Å². The fourth-order valence-corrected chi connectivity index (χ4v) is 3.73. The molecule has 0 saturated carbocycles. The lowest BCUT2D eigenvalue weighted by atomic mass is 10.1. The molecule has 0 aliphatic heterocycles. The normalized spacial score (nSPS) is 11.3. The zero-order chi connectivity index (χ0) is 19.0. The molecular weight excluding hydrogens is 358 g/mol. The van der Waals surface area contributed by atoms with Gasteiger partial charge in [-0.25, -0.2) is 14.6 Å². The molecule has 136 valence electrons. The third-order valence-corrected chi connectivity index (χ3v) is 5.22. The van der Waals surface area contributed by atoms with E-state index < -0.39 is 0 Å². The van der Waals surface area contributed by atoms with E-state index in [1.807, 2.05) is 42.8 Å². The molecule has 0 unspecified atom stereocenters. The minimum atomic E-state index is -0.223. The molecule has 0 bridgehead atoms. The first-order chi connectivity index (χ1) is 13.0. The lowest BCUT2D eigenvalue weighted by Crippen LogP contribution is -2.14. The standard InChI is InChI=1S/C20H19N5OS/c1-12(2)25-19-15(11-22-25)14(20(26)24-18-6-4-5-9-21-18)10-16(23-19)17-8-7-13(3)27-17/h4-12H,1-3H3,(H,21,24,26). The molecule has 0 radical (unpaired) electrons. The van der Waals surface area contributed by atoms with Crippen molar-refractivity contribution < 1.29 is 4.79 Å². The van der Waals surface area contributed by atoms with Crippen LogP contribution in [0.4, 0.5) is 5.82 Å². The second-order valence-electron chi connectivity index (χ2n) is 6.55. The molecule has 7 heteroatoms. The van der Waals surface area contributed by atoms with E-state index in [-0.39, 0.29) is 11.9 Å². The molecule has 0 fully saturated rings. The zero-order valence-electron chi connectivity index (χ0n) is 15.3. The second kappa shape index (κ2) is 6.92. The van der Waals surface area contributed by atoms with Crippen LogP contribution in [0.25, 0.3) is 21.6 Å². The van der Waals surface area contributed by atoms with Crippen molar-refractivity contribution in [3.05, 3.63) is 59.2 Å². The number of carbonyl (C=O) groups is 1. The van der Waals surface area contributed by atoms with Gasteiger partial charge in [0.2, 0.25) is 0 Å². The van der Waals surface area contributed by atoms with Crippen LogP contribution < -0.4 is 5.32 Å². The van der Waals surface area contributed by atoms with Crippen molar-refractivity contribution >= 4 is 34.1 Å². The van der Waals surface area contributed by atoms with Crippen LogP contribution in [0, 0.1) is 6.92 Å². The van der Waals surface area contributed by atoms with Gasteiger partial charge in [-0.05, 0) is 51.1 Å². The van der Waals surface area contributed by atoms with Crippen molar-refractivity contribution in [1.29, 1.82) is 0 Å². The summed E-state index contributed by atoms with van der Waals surface area (Å²) < 4.78 is 1.84. The highest BCUT2D eigenvalue weighted by atomic mass is 32.1. The minimum Gasteiger partial charge on any atom is -0.307 e. The van der Waals surface area contributed by atoms with Crippen LogP contribution in [0.3, 0.4) is 0 Å². The maximum absolute atomic E-state index is 13.0. The van der Waals surface area contributed by atoms with Crippen LogP contribution in [-0.2, 0) is 0 Å². The summed E-state index contributed by atoms with van der Waals surface area (Å²) in [5, 5.41) is 8.04. The molecule has 4 aromatic rings.